The van der Waals surface area contributed by atoms with Crippen LogP contribution in [0.1, 0.15) is 0 Å². The summed E-state index contributed by atoms with van der Waals surface area (Å²) in [5.41, 5.74) is 0.932. The van der Waals surface area contributed by atoms with Gasteiger partial charge in [-0.2, -0.15) is 0 Å². The van der Waals surface area contributed by atoms with Crippen LogP contribution in [0.25, 0.3) is 10.4 Å². The number of hydrogen-bond acceptors (Lipinski definition) is 2. The number of halogens is 2. The van der Waals surface area contributed by atoms with Crippen LogP contribution in [-0.2, 0) is 0 Å². The minimum atomic E-state index is 0.515. The number of aromatic nitrogens is 1. The molecule has 0 aromatic carbocycles. The lowest BCUT2D eigenvalue weighted by molar-refractivity contribution is 1.33. The number of thiophene rings is 1. The van der Waals surface area contributed by atoms with Crippen LogP contribution in [0.4, 0.5) is 0 Å². The summed E-state index contributed by atoms with van der Waals surface area (Å²) in [7, 11) is 0. The van der Waals surface area contributed by atoms with E-state index in [9.17, 15) is 0 Å². The molecule has 0 unspecified atom stereocenters. The number of nitrogens with zero attached hydrogens (tertiary/aromatic N) is 1. The van der Waals surface area contributed by atoms with E-state index in [1.54, 1.807) is 6.20 Å². The Morgan fingerprint density at radius 3 is 2.62 bits per heavy atom. The zero-order valence-corrected chi connectivity index (χ0v) is 8.83. The van der Waals surface area contributed by atoms with Crippen LogP contribution in [0.15, 0.2) is 30.5 Å². The molecule has 2 aromatic heterocycles. The van der Waals surface area contributed by atoms with Gasteiger partial charge in [-0.25, -0.2) is 4.98 Å². The average Bonchev–Trinajstić information content (AvgIpc) is 2.53. The lowest BCUT2D eigenvalue weighted by atomic mass is 10.2. The van der Waals surface area contributed by atoms with E-state index in [-0.39, 0.29) is 0 Å². The molecule has 2 aromatic rings. The summed E-state index contributed by atoms with van der Waals surface area (Å²) in [4.78, 5) is 5.04. The summed E-state index contributed by atoms with van der Waals surface area (Å²) in [5, 5.41) is 0.515. The first kappa shape index (κ1) is 9.00. The van der Waals surface area contributed by atoms with E-state index in [0.717, 1.165) is 14.8 Å². The Balaban J connectivity index is 2.52. The van der Waals surface area contributed by atoms with E-state index in [1.165, 1.54) is 11.3 Å². The van der Waals surface area contributed by atoms with Crippen LogP contribution < -0.4 is 0 Å². The zero-order valence-electron chi connectivity index (χ0n) is 6.50. The topological polar surface area (TPSA) is 12.9 Å². The Hall–Kier alpha value is -0.570. The zero-order chi connectivity index (χ0) is 9.26. The van der Waals surface area contributed by atoms with Crippen LogP contribution >= 0.6 is 34.5 Å². The summed E-state index contributed by atoms with van der Waals surface area (Å²) in [6, 6.07) is 7.58. The van der Waals surface area contributed by atoms with Crippen LogP contribution in [0.2, 0.25) is 9.49 Å². The van der Waals surface area contributed by atoms with Crippen molar-refractivity contribution in [3.63, 3.8) is 0 Å². The van der Waals surface area contributed by atoms with Crippen LogP contribution in [0.3, 0.4) is 0 Å². The van der Waals surface area contributed by atoms with Crippen molar-refractivity contribution >= 4 is 34.5 Å². The maximum atomic E-state index is 5.92. The van der Waals surface area contributed by atoms with Gasteiger partial charge in [-0.15, -0.1) is 11.3 Å². The van der Waals surface area contributed by atoms with E-state index in [1.807, 2.05) is 24.3 Å². The van der Waals surface area contributed by atoms with E-state index in [4.69, 9.17) is 23.2 Å². The molecule has 0 saturated carbocycles. The summed E-state index contributed by atoms with van der Waals surface area (Å²) in [5.74, 6) is 0. The van der Waals surface area contributed by atoms with E-state index in [0.29, 0.717) is 5.15 Å². The second-order valence-corrected chi connectivity index (χ2v) is 4.52. The quantitative estimate of drug-likeness (QED) is 0.671. The number of rotatable bonds is 1. The summed E-state index contributed by atoms with van der Waals surface area (Å²) >= 11 is 13.2. The van der Waals surface area contributed by atoms with Gasteiger partial charge in [0.05, 0.1) is 4.34 Å². The molecule has 0 atom stereocenters. The molecule has 2 heterocycles. The molecule has 0 fully saturated rings. The summed E-state index contributed by atoms with van der Waals surface area (Å²) < 4.78 is 0.759. The van der Waals surface area contributed by atoms with Gasteiger partial charge in [0.2, 0.25) is 0 Å². The Morgan fingerprint density at radius 2 is 2.00 bits per heavy atom. The highest BCUT2D eigenvalue weighted by molar-refractivity contribution is 7.19. The molecule has 0 spiro atoms. The molecule has 0 N–H and O–H groups in total. The van der Waals surface area contributed by atoms with Gasteiger partial charge in [0, 0.05) is 16.6 Å². The van der Waals surface area contributed by atoms with Gasteiger partial charge in [0.15, 0.2) is 0 Å². The lowest BCUT2D eigenvalue weighted by Crippen LogP contribution is -1.77. The lowest BCUT2D eigenvalue weighted by Gasteiger charge is -1.97. The first-order chi connectivity index (χ1) is 6.27. The smallest absolute Gasteiger partial charge is 0.137 e. The SMILES string of the molecule is Clc1ccc(-c2cccnc2Cl)s1. The highest BCUT2D eigenvalue weighted by Gasteiger charge is 2.05. The van der Waals surface area contributed by atoms with Gasteiger partial charge in [0.1, 0.15) is 5.15 Å². The van der Waals surface area contributed by atoms with Crippen molar-refractivity contribution in [3.05, 3.63) is 40.0 Å². The molecule has 1 nitrogen and oxygen atoms in total. The fourth-order valence-electron chi connectivity index (χ4n) is 1.03. The van der Waals surface area contributed by atoms with Gasteiger partial charge in [0.25, 0.3) is 0 Å². The summed E-state index contributed by atoms with van der Waals surface area (Å²) in [6.07, 6.45) is 1.67. The molecule has 4 heteroatoms. The number of hydrogen-bond donors (Lipinski definition) is 0. The average molecular weight is 230 g/mol. The third-order valence-electron chi connectivity index (χ3n) is 1.60. The van der Waals surface area contributed by atoms with Gasteiger partial charge < -0.3 is 0 Å². The normalized spacial score (nSPS) is 10.3. The van der Waals surface area contributed by atoms with Crippen molar-refractivity contribution in [2.45, 2.75) is 0 Å². The molecule has 2 rings (SSSR count). The predicted octanol–water partition coefficient (Wildman–Crippen LogP) is 4.12. The van der Waals surface area contributed by atoms with Crippen LogP contribution in [0.5, 0.6) is 0 Å². The molecule has 0 aliphatic rings. The molecular formula is C9H5Cl2NS. The van der Waals surface area contributed by atoms with Crippen molar-refractivity contribution in [3.8, 4) is 10.4 Å². The maximum Gasteiger partial charge on any atom is 0.137 e. The van der Waals surface area contributed by atoms with Crippen molar-refractivity contribution in [1.29, 1.82) is 0 Å². The fraction of sp³-hybridized carbons (Fsp3) is 0. The molecule has 0 aliphatic carbocycles. The van der Waals surface area contributed by atoms with E-state index >= 15 is 0 Å². The minimum absolute atomic E-state index is 0.515. The molecule has 66 valence electrons. The highest BCUT2D eigenvalue weighted by Crippen LogP contribution is 2.33. The maximum absolute atomic E-state index is 5.92. The molecule has 0 amide bonds. The van der Waals surface area contributed by atoms with Gasteiger partial charge >= 0.3 is 0 Å². The largest absolute Gasteiger partial charge is 0.244 e. The van der Waals surface area contributed by atoms with Crippen molar-refractivity contribution in [2.24, 2.45) is 0 Å². The van der Waals surface area contributed by atoms with Gasteiger partial charge in [-0.1, -0.05) is 23.2 Å². The predicted molar refractivity (Wildman–Crippen MR) is 57.6 cm³/mol. The minimum Gasteiger partial charge on any atom is -0.244 e. The van der Waals surface area contributed by atoms with E-state index < -0.39 is 0 Å². The standard InChI is InChI=1S/C9H5Cl2NS/c10-8-4-3-7(13-8)6-2-1-5-12-9(6)11/h1-5H. The van der Waals surface area contributed by atoms with E-state index in [2.05, 4.69) is 4.98 Å². The Bertz CT molecular complexity index is 425. The number of pyridine rings is 1. The molecule has 0 bridgehead atoms. The van der Waals surface area contributed by atoms with Crippen molar-refractivity contribution in [1.82, 2.24) is 4.98 Å². The Kier molecular flexibility index (Phi) is 2.54. The molecule has 0 saturated heterocycles. The first-order valence-electron chi connectivity index (χ1n) is 3.63. The van der Waals surface area contributed by atoms with Crippen molar-refractivity contribution in [2.75, 3.05) is 0 Å². The molecule has 13 heavy (non-hydrogen) atoms. The van der Waals surface area contributed by atoms with Crippen molar-refractivity contribution < 1.29 is 0 Å². The first-order valence-corrected chi connectivity index (χ1v) is 5.21. The molecule has 0 radical (unpaired) electrons. The molecule has 0 aliphatic heterocycles. The fourth-order valence-corrected chi connectivity index (χ4v) is 2.38. The Morgan fingerprint density at radius 1 is 1.15 bits per heavy atom. The Labute approximate surface area is 90.0 Å². The second-order valence-electron chi connectivity index (χ2n) is 2.45. The van der Waals surface area contributed by atoms with Crippen LogP contribution in [0, 0.1) is 0 Å². The van der Waals surface area contributed by atoms with Crippen LogP contribution in [-0.4, -0.2) is 4.98 Å². The molecular weight excluding hydrogens is 225 g/mol. The second kappa shape index (κ2) is 3.66. The monoisotopic (exact) mass is 229 g/mol. The highest BCUT2D eigenvalue weighted by atomic mass is 35.5. The third-order valence-corrected chi connectivity index (χ3v) is 3.16. The van der Waals surface area contributed by atoms with Gasteiger partial charge in [-0.3, -0.25) is 0 Å². The third kappa shape index (κ3) is 1.85. The summed E-state index contributed by atoms with van der Waals surface area (Å²) in [6.45, 7) is 0. The van der Waals surface area contributed by atoms with Gasteiger partial charge in [-0.05, 0) is 24.3 Å².